The van der Waals surface area contributed by atoms with Crippen LogP contribution in [-0.4, -0.2) is 74.1 Å². The molecule has 0 aromatic carbocycles. The smallest absolute Gasteiger partial charge is 0.273 e. The molecule has 1 saturated carbocycles. The molecule has 1 aromatic heterocycles. The van der Waals surface area contributed by atoms with Crippen molar-refractivity contribution in [1.82, 2.24) is 20.7 Å². The molecule has 3 atom stereocenters. The largest absolute Gasteiger partial charge is 0.360 e. The van der Waals surface area contributed by atoms with E-state index in [0.29, 0.717) is 29.4 Å². The number of piperidine rings is 1. The van der Waals surface area contributed by atoms with Gasteiger partial charge in [-0.15, -0.1) is 0 Å². The summed E-state index contributed by atoms with van der Waals surface area (Å²) in [7, 11) is -2.75. The number of aromatic nitrogens is 1. The molecule has 5 rings (SSSR count). The fourth-order valence-electron chi connectivity index (χ4n) is 4.69. The highest BCUT2D eigenvalue weighted by molar-refractivity contribution is 7.90. The van der Waals surface area contributed by atoms with E-state index < -0.39 is 9.84 Å². The molecule has 0 spiro atoms. The summed E-state index contributed by atoms with van der Waals surface area (Å²) in [4.78, 5) is 14.4. The van der Waals surface area contributed by atoms with E-state index in [4.69, 9.17) is 4.52 Å². The predicted molar refractivity (Wildman–Crippen MR) is 114 cm³/mol. The molecule has 4 fully saturated rings. The van der Waals surface area contributed by atoms with Crippen molar-refractivity contribution >= 4 is 15.7 Å². The molecule has 4 heterocycles. The van der Waals surface area contributed by atoms with Gasteiger partial charge in [-0.2, -0.15) is 0 Å². The summed E-state index contributed by atoms with van der Waals surface area (Å²) < 4.78 is 26.8. The van der Waals surface area contributed by atoms with Crippen molar-refractivity contribution in [1.29, 1.82) is 0 Å². The number of sulfone groups is 1. The quantitative estimate of drug-likeness (QED) is 0.696. The van der Waals surface area contributed by atoms with Gasteiger partial charge in [0.15, 0.2) is 5.69 Å². The molecule has 3 aliphatic heterocycles. The normalized spacial score (nSPS) is 28.8. The second-order valence-corrected chi connectivity index (χ2v) is 11.6. The topological polar surface area (TPSA) is 105 Å². The summed E-state index contributed by atoms with van der Waals surface area (Å²) in [5.74, 6) is 1.61. The Balaban J connectivity index is 0.000000170. The number of hydrogen-bond donors (Lipinski definition) is 2. The van der Waals surface area contributed by atoms with E-state index in [9.17, 15) is 13.2 Å². The Bertz CT molecular complexity index is 818. The van der Waals surface area contributed by atoms with Gasteiger partial charge in [-0.1, -0.05) is 5.16 Å². The lowest BCUT2D eigenvalue weighted by molar-refractivity contribution is 0.0914. The number of fused-ring (bicyclic) bond motifs is 2. The van der Waals surface area contributed by atoms with E-state index in [1.807, 2.05) is 6.07 Å². The van der Waals surface area contributed by atoms with Gasteiger partial charge in [0, 0.05) is 42.9 Å². The number of carbonyl (C=O) groups excluding carboxylic acids is 1. The molecule has 3 saturated heterocycles. The van der Waals surface area contributed by atoms with Crippen molar-refractivity contribution in [2.24, 2.45) is 0 Å². The predicted octanol–water partition coefficient (Wildman–Crippen LogP) is 1.69. The van der Waals surface area contributed by atoms with Crippen molar-refractivity contribution in [2.45, 2.75) is 75.4 Å². The minimum absolute atomic E-state index is 0.0815. The minimum Gasteiger partial charge on any atom is -0.360 e. The van der Waals surface area contributed by atoms with Crippen LogP contribution in [0.15, 0.2) is 10.6 Å². The first-order valence-electron chi connectivity index (χ1n) is 11.3. The van der Waals surface area contributed by atoms with Gasteiger partial charge in [0.05, 0.1) is 5.75 Å². The number of nitrogens with one attached hydrogen (secondary N) is 2. The van der Waals surface area contributed by atoms with E-state index in [-0.39, 0.29) is 11.9 Å². The van der Waals surface area contributed by atoms with Crippen LogP contribution < -0.4 is 10.6 Å². The first kappa shape index (κ1) is 21.8. The molecule has 2 N–H and O–H groups in total. The summed E-state index contributed by atoms with van der Waals surface area (Å²) in [6, 6.07) is 3.27. The van der Waals surface area contributed by atoms with Gasteiger partial charge in [-0.25, -0.2) is 8.42 Å². The molecular weight excluding hydrogens is 404 g/mol. The Kier molecular flexibility index (Phi) is 6.79. The summed E-state index contributed by atoms with van der Waals surface area (Å²) in [6.07, 6.45) is 10.6. The van der Waals surface area contributed by atoms with Crippen molar-refractivity contribution in [2.75, 3.05) is 31.6 Å². The lowest BCUT2D eigenvalue weighted by Gasteiger charge is -2.29. The van der Waals surface area contributed by atoms with Crippen molar-refractivity contribution in [3.63, 3.8) is 0 Å². The van der Waals surface area contributed by atoms with Gasteiger partial charge in [-0.3, -0.25) is 4.79 Å². The zero-order chi connectivity index (χ0) is 21.1. The van der Waals surface area contributed by atoms with Gasteiger partial charge in [0.1, 0.15) is 15.6 Å². The SMILES string of the molecule is CS(=O)(=O)CCN1CCCC1.O=C(NC1C[C@H]2CC[C@@H](C1)N2)c1cc(C2CC2)on1. The van der Waals surface area contributed by atoms with Crippen LogP contribution in [0.25, 0.3) is 0 Å². The number of hydrogen-bond acceptors (Lipinski definition) is 7. The third kappa shape index (κ3) is 6.28. The Morgan fingerprint density at radius 3 is 2.47 bits per heavy atom. The number of rotatable bonds is 6. The standard InChI is InChI=1S/C14H19N3O2.C7H15NO2S/c18-14(12-7-13(19-17-12)8-1-2-8)16-11-5-9-3-4-10(6-11)15-9;1-11(9,10)7-6-8-4-2-3-5-8/h7-11,15H,1-6H2,(H,16,18);2-7H2,1H3/t9-,10+,11?;. The van der Waals surface area contributed by atoms with Crippen LogP contribution in [0, 0.1) is 0 Å². The molecule has 30 heavy (non-hydrogen) atoms. The molecule has 1 aromatic rings. The maximum absolute atomic E-state index is 12.1. The maximum Gasteiger partial charge on any atom is 0.273 e. The maximum atomic E-state index is 12.1. The highest BCUT2D eigenvalue weighted by atomic mass is 32.2. The summed E-state index contributed by atoms with van der Waals surface area (Å²) in [6.45, 7) is 2.88. The van der Waals surface area contributed by atoms with Crippen LogP contribution in [0.3, 0.4) is 0 Å². The molecule has 0 radical (unpaired) electrons. The van der Waals surface area contributed by atoms with Crippen molar-refractivity contribution in [3.8, 4) is 0 Å². The average Bonchev–Trinajstić information content (AvgIpc) is 3.09. The third-order valence-corrected chi connectivity index (χ3v) is 7.45. The average molecular weight is 439 g/mol. The Hall–Kier alpha value is -1.45. The fraction of sp³-hybridized carbons (Fsp3) is 0.810. The van der Waals surface area contributed by atoms with E-state index >= 15 is 0 Å². The fourth-order valence-corrected chi connectivity index (χ4v) is 5.28. The van der Waals surface area contributed by atoms with Crippen LogP contribution in [-0.2, 0) is 9.84 Å². The molecule has 1 unspecified atom stereocenters. The number of nitrogens with zero attached hydrogens (tertiary/aromatic N) is 2. The van der Waals surface area contributed by atoms with Gasteiger partial charge in [0.2, 0.25) is 0 Å². The zero-order valence-electron chi connectivity index (χ0n) is 17.8. The highest BCUT2D eigenvalue weighted by Gasteiger charge is 2.35. The summed E-state index contributed by atoms with van der Waals surface area (Å²) in [5.41, 5.74) is 0.438. The Morgan fingerprint density at radius 2 is 1.87 bits per heavy atom. The third-order valence-electron chi connectivity index (χ3n) is 6.53. The Labute approximate surface area is 179 Å². The van der Waals surface area contributed by atoms with Crippen molar-refractivity contribution < 1.29 is 17.7 Å². The number of amides is 1. The lowest BCUT2D eigenvalue weighted by atomic mass is 10.00. The summed E-state index contributed by atoms with van der Waals surface area (Å²) >= 11 is 0. The monoisotopic (exact) mass is 438 g/mol. The molecule has 9 heteroatoms. The van der Waals surface area contributed by atoms with E-state index in [0.717, 1.165) is 51.1 Å². The molecule has 1 amide bonds. The van der Waals surface area contributed by atoms with Gasteiger partial charge in [0.25, 0.3) is 5.91 Å². The first-order chi connectivity index (χ1) is 14.4. The molecule has 8 nitrogen and oxygen atoms in total. The van der Waals surface area contributed by atoms with Gasteiger partial charge >= 0.3 is 0 Å². The van der Waals surface area contributed by atoms with E-state index in [1.165, 1.54) is 31.9 Å². The van der Waals surface area contributed by atoms with Crippen LogP contribution in [0.2, 0.25) is 0 Å². The van der Waals surface area contributed by atoms with Crippen molar-refractivity contribution in [3.05, 3.63) is 17.5 Å². The zero-order valence-corrected chi connectivity index (χ0v) is 18.6. The first-order valence-corrected chi connectivity index (χ1v) is 13.4. The highest BCUT2D eigenvalue weighted by Crippen LogP contribution is 2.40. The Morgan fingerprint density at radius 1 is 1.20 bits per heavy atom. The molecule has 2 bridgehead atoms. The summed E-state index contributed by atoms with van der Waals surface area (Å²) in [5, 5.41) is 10.6. The molecule has 4 aliphatic rings. The van der Waals surface area contributed by atoms with Gasteiger partial charge < -0.3 is 20.1 Å². The van der Waals surface area contributed by atoms with Gasteiger partial charge in [-0.05, 0) is 64.5 Å². The van der Waals surface area contributed by atoms with Crippen LogP contribution >= 0.6 is 0 Å². The minimum atomic E-state index is -2.75. The molecule has 168 valence electrons. The number of likely N-dealkylation sites (tertiary alicyclic amines) is 1. The molecular formula is C21H34N4O4S. The van der Waals surface area contributed by atoms with Crippen LogP contribution in [0.4, 0.5) is 0 Å². The molecule has 1 aliphatic carbocycles. The van der Waals surface area contributed by atoms with E-state index in [1.54, 1.807) is 0 Å². The number of carbonyl (C=O) groups is 1. The lowest BCUT2D eigenvalue weighted by Crippen LogP contribution is -2.48. The second-order valence-electron chi connectivity index (χ2n) is 9.35. The van der Waals surface area contributed by atoms with Crippen LogP contribution in [0.5, 0.6) is 0 Å². The van der Waals surface area contributed by atoms with Crippen LogP contribution in [0.1, 0.15) is 73.5 Å². The second kappa shape index (κ2) is 9.36. The van der Waals surface area contributed by atoms with E-state index in [2.05, 4.69) is 20.7 Å².